The highest BCUT2D eigenvalue weighted by atomic mass is 16.2. The van der Waals surface area contributed by atoms with Gasteiger partial charge in [0.05, 0.1) is 0 Å². The zero-order valence-corrected chi connectivity index (χ0v) is 18.1. The molecule has 1 unspecified atom stereocenters. The van der Waals surface area contributed by atoms with Gasteiger partial charge in [0, 0.05) is 50.1 Å². The summed E-state index contributed by atoms with van der Waals surface area (Å²) < 4.78 is 2.28. The summed E-state index contributed by atoms with van der Waals surface area (Å²) in [4.78, 5) is 17.5. The molecule has 1 saturated heterocycles. The van der Waals surface area contributed by atoms with Crippen LogP contribution in [-0.2, 0) is 13.0 Å². The molecule has 0 spiro atoms. The second-order valence-corrected chi connectivity index (χ2v) is 9.02. The van der Waals surface area contributed by atoms with E-state index in [0.29, 0.717) is 31.0 Å². The van der Waals surface area contributed by atoms with Crippen LogP contribution in [0, 0.1) is 0 Å². The number of likely N-dealkylation sites (tertiary alicyclic amines) is 1. The lowest BCUT2D eigenvalue weighted by Crippen LogP contribution is -2.34. The van der Waals surface area contributed by atoms with Crippen molar-refractivity contribution in [2.24, 2.45) is 0 Å². The highest BCUT2D eigenvalue weighted by Gasteiger charge is 2.31. The Labute approximate surface area is 173 Å². The monoisotopic (exact) mass is 395 g/mol. The van der Waals surface area contributed by atoms with Crippen molar-refractivity contribution in [3.8, 4) is 0 Å². The second-order valence-electron chi connectivity index (χ2n) is 9.02. The molecule has 2 aliphatic rings. The topological polar surface area (TPSA) is 54.3 Å². The van der Waals surface area contributed by atoms with Crippen molar-refractivity contribution in [3.63, 3.8) is 0 Å². The van der Waals surface area contributed by atoms with Gasteiger partial charge in [0.2, 0.25) is 0 Å². The first-order chi connectivity index (χ1) is 13.9. The Balaban J connectivity index is 1.45. The van der Waals surface area contributed by atoms with E-state index in [9.17, 15) is 4.79 Å². The lowest BCUT2D eigenvalue weighted by Gasteiger charge is -2.21. The van der Waals surface area contributed by atoms with Crippen LogP contribution >= 0.6 is 0 Å². The Kier molecular flexibility index (Phi) is 5.72. The van der Waals surface area contributed by atoms with E-state index in [4.69, 9.17) is 0 Å². The number of nitrogens with zero attached hydrogens (tertiary/aromatic N) is 5. The van der Waals surface area contributed by atoms with E-state index in [1.54, 1.807) is 0 Å². The fourth-order valence-electron chi connectivity index (χ4n) is 4.51. The number of hydrogen-bond acceptors (Lipinski definition) is 4. The summed E-state index contributed by atoms with van der Waals surface area (Å²) in [6.45, 7) is 13.2. The first kappa shape index (κ1) is 20.1. The number of hydrogen-bond donors (Lipinski definition) is 0. The molecule has 6 heteroatoms. The van der Waals surface area contributed by atoms with Crippen molar-refractivity contribution in [1.29, 1.82) is 0 Å². The van der Waals surface area contributed by atoms with Gasteiger partial charge in [0.1, 0.15) is 11.6 Å². The van der Waals surface area contributed by atoms with Gasteiger partial charge in [-0.05, 0) is 50.4 Å². The van der Waals surface area contributed by atoms with Crippen molar-refractivity contribution in [2.45, 2.75) is 65.0 Å². The van der Waals surface area contributed by atoms with Gasteiger partial charge in [0.25, 0.3) is 5.91 Å². The molecule has 0 N–H and O–H groups in total. The fraction of sp³-hybridized carbons (Fsp3) is 0.609. The van der Waals surface area contributed by atoms with Crippen molar-refractivity contribution in [3.05, 3.63) is 47.0 Å². The molecule has 156 valence electrons. The molecule has 0 saturated carbocycles. The quantitative estimate of drug-likeness (QED) is 0.797. The molecule has 1 aromatic carbocycles. The predicted molar refractivity (Wildman–Crippen MR) is 114 cm³/mol. The second kappa shape index (κ2) is 8.27. The maximum Gasteiger partial charge on any atom is 0.253 e. The van der Waals surface area contributed by atoms with E-state index in [-0.39, 0.29) is 5.91 Å². The maximum absolute atomic E-state index is 13.0. The minimum absolute atomic E-state index is 0.118. The zero-order valence-electron chi connectivity index (χ0n) is 18.1. The van der Waals surface area contributed by atoms with Gasteiger partial charge in [-0.3, -0.25) is 4.79 Å². The molecule has 2 aromatic rings. The Morgan fingerprint density at radius 1 is 1.00 bits per heavy atom. The molecule has 0 bridgehead atoms. The van der Waals surface area contributed by atoms with Crippen LogP contribution in [0.1, 0.15) is 73.5 Å². The zero-order chi connectivity index (χ0) is 20.5. The minimum Gasteiger partial charge on any atom is -0.336 e. The van der Waals surface area contributed by atoms with Gasteiger partial charge < -0.3 is 14.4 Å². The molecule has 3 heterocycles. The lowest BCUT2D eigenvalue weighted by atomic mass is 10.0. The van der Waals surface area contributed by atoms with Gasteiger partial charge in [-0.25, -0.2) is 0 Å². The molecular weight excluding hydrogens is 362 g/mol. The number of aromatic nitrogens is 3. The summed E-state index contributed by atoms with van der Waals surface area (Å²) in [6, 6.07) is 8.65. The maximum atomic E-state index is 13.0. The summed E-state index contributed by atoms with van der Waals surface area (Å²) in [6.07, 6.45) is 1.91. The Morgan fingerprint density at radius 3 is 2.41 bits per heavy atom. The van der Waals surface area contributed by atoms with Crippen molar-refractivity contribution in [1.82, 2.24) is 24.6 Å². The van der Waals surface area contributed by atoms with Gasteiger partial charge >= 0.3 is 0 Å². The highest BCUT2D eigenvalue weighted by molar-refractivity contribution is 5.94. The minimum atomic E-state index is 0.118. The Hall–Kier alpha value is -2.21. The number of amides is 1. The van der Waals surface area contributed by atoms with Gasteiger partial charge in [-0.2, -0.15) is 0 Å². The van der Waals surface area contributed by atoms with Gasteiger partial charge in [0.15, 0.2) is 0 Å². The van der Waals surface area contributed by atoms with E-state index in [1.165, 1.54) is 5.56 Å². The van der Waals surface area contributed by atoms with Gasteiger partial charge in [-0.15, -0.1) is 10.2 Å². The first-order valence-corrected chi connectivity index (χ1v) is 11.0. The van der Waals surface area contributed by atoms with E-state index in [2.05, 4.69) is 59.5 Å². The summed E-state index contributed by atoms with van der Waals surface area (Å²) in [7, 11) is 0. The average Bonchev–Trinajstić information content (AvgIpc) is 3.30. The van der Waals surface area contributed by atoms with Crippen LogP contribution in [0.5, 0.6) is 0 Å². The van der Waals surface area contributed by atoms with Crippen molar-refractivity contribution in [2.75, 3.05) is 26.2 Å². The molecule has 29 heavy (non-hydrogen) atoms. The van der Waals surface area contributed by atoms with Crippen LogP contribution in [0.2, 0.25) is 0 Å². The summed E-state index contributed by atoms with van der Waals surface area (Å²) in [5, 5.41) is 9.04. The summed E-state index contributed by atoms with van der Waals surface area (Å²) >= 11 is 0. The van der Waals surface area contributed by atoms with Crippen LogP contribution in [0.3, 0.4) is 0 Å². The van der Waals surface area contributed by atoms with Gasteiger partial charge in [-0.1, -0.05) is 26.0 Å². The smallest absolute Gasteiger partial charge is 0.253 e. The third kappa shape index (κ3) is 4.08. The normalized spacial score (nSPS) is 20.3. The third-order valence-electron chi connectivity index (χ3n) is 6.48. The van der Waals surface area contributed by atoms with E-state index in [1.807, 2.05) is 17.0 Å². The van der Waals surface area contributed by atoms with E-state index < -0.39 is 0 Å². The molecule has 1 atom stereocenters. The van der Waals surface area contributed by atoms with E-state index >= 15 is 0 Å². The number of fused-ring (bicyclic) bond motifs is 1. The number of rotatable bonds is 4. The molecule has 4 rings (SSSR count). The molecule has 0 radical (unpaired) electrons. The molecule has 6 nitrogen and oxygen atoms in total. The number of benzene rings is 1. The standard InChI is InChI=1S/C23H33N5O/c1-16(2)18-5-7-19(8-6-18)23(29)26-12-10-21-24-25-22(28(21)14-13-26)20-9-11-27(15-20)17(3)4/h5-8,16-17,20H,9-15H2,1-4H3. The molecule has 0 aliphatic carbocycles. The third-order valence-corrected chi connectivity index (χ3v) is 6.48. The van der Waals surface area contributed by atoms with Crippen LogP contribution in [0.15, 0.2) is 24.3 Å². The number of carbonyl (C=O) groups is 1. The van der Waals surface area contributed by atoms with Crippen molar-refractivity contribution < 1.29 is 4.79 Å². The molecule has 1 aromatic heterocycles. The lowest BCUT2D eigenvalue weighted by molar-refractivity contribution is 0.0758. The number of carbonyl (C=O) groups excluding carboxylic acids is 1. The van der Waals surface area contributed by atoms with E-state index in [0.717, 1.165) is 49.7 Å². The van der Waals surface area contributed by atoms with Crippen LogP contribution in [0.25, 0.3) is 0 Å². The molecular formula is C23H33N5O. The van der Waals surface area contributed by atoms with Crippen molar-refractivity contribution >= 4 is 5.91 Å². The SMILES string of the molecule is CC(C)c1ccc(C(=O)N2CCc3nnc(C4CCN(C(C)C)C4)n3CC2)cc1. The Morgan fingerprint density at radius 2 is 1.76 bits per heavy atom. The highest BCUT2D eigenvalue weighted by Crippen LogP contribution is 2.28. The molecule has 1 fully saturated rings. The first-order valence-electron chi connectivity index (χ1n) is 11.0. The summed E-state index contributed by atoms with van der Waals surface area (Å²) in [5.41, 5.74) is 2.04. The van der Waals surface area contributed by atoms with Crippen LogP contribution in [0.4, 0.5) is 0 Å². The Bertz CT molecular complexity index is 855. The predicted octanol–water partition coefficient (Wildman–Crippen LogP) is 3.30. The van der Waals surface area contributed by atoms with Crippen LogP contribution < -0.4 is 0 Å². The molecule has 1 amide bonds. The largest absolute Gasteiger partial charge is 0.336 e. The van der Waals surface area contributed by atoms with Crippen LogP contribution in [-0.4, -0.2) is 62.7 Å². The molecule has 2 aliphatic heterocycles. The fourth-order valence-corrected chi connectivity index (χ4v) is 4.51. The summed E-state index contributed by atoms with van der Waals surface area (Å²) in [5.74, 6) is 3.17. The average molecular weight is 396 g/mol.